The third-order valence-electron chi connectivity index (χ3n) is 5.56. The van der Waals surface area contributed by atoms with Gasteiger partial charge in [0.1, 0.15) is 0 Å². The summed E-state index contributed by atoms with van der Waals surface area (Å²) in [5.41, 5.74) is 6.68. The van der Waals surface area contributed by atoms with Gasteiger partial charge in [-0.3, -0.25) is 0 Å². The average Bonchev–Trinajstić information content (AvgIpc) is 3.00. The lowest BCUT2D eigenvalue weighted by Crippen LogP contribution is -2.59. The smallest absolute Gasteiger partial charge is 0.153 e. The molecule has 0 bridgehead atoms. The van der Waals surface area contributed by atoms with Gasteiger partial charge in [0.05, 0.1) is 10.9 Å². The van der Waals surface area contributed by atoms with Gasteiger partial charge in [-0.05, 0) is 43.2 Å². The Bertz CT molecular complexity index is 630. The predicted octanol–water partition coefficient (Wildman–Crippen LogP) is 1.06. The molecule has 5 heteroatoms. The van der Waals surface area contributed by atoms with Gasteiger partial charge in [0.15, 0.2) is 9.84 Å². The first-order valence-electron chi connectivity index (χ1n) is 7.50. The molecule has 0 heterocycles. The minimum absolute atomic E-state index is 0.310. The summed E-state index contributed by atoms with van der Waals surface area (Å²) in [7, 11) is -3.29. The molecule has 2 unspecified atom stereocenters. The number of rotatable bonds is 3. The molecule has 4 nitrogen and oxygen atoms in total. The van der Waals surface area contributed by atoms with Gasteiger partial charge in [-0.2, -0.15) is 0 Å². The van der Waals surface area contributed by atoms with Crippen LogP contribution in [0, 0.1) is 5.41 Å². The molecule has 1 aromatic rings. The highest BCUT2D eigenvalue weighted by Gasteiger charge is 2.60. The third kappa shape index (κ3) is 2.14. The number of fused-ring (bicyclic) bond motifs is 1. The summed E-state index contributed by atoms with van der Waals surface area (Å²) >= 11 is 0. The van der Waals surface area contributed by atoms with E-state index in [1.165, 1.54) is 17.4 Å². The molecular weight excluding hydrogens is 286 g/mol. The zero-order valence-corrected chi connectivity index (χ0v) is 13.2. The van der Waals surface area contributed by atoms with Crippen LogP contribution in [0.25, 0.3) is 0 Å². The first-order valence-corrected chi connectivity index (χ1v) is 9.46. The van der Waals surface area contributed by atoms with Crippen LogP contribution in [-0.2, 0) is 22.7 Å². The Morgan fingerprint density at radius 3 is 2.33 bits per heavy atom. The van der Waals surface area contributed by atoms with Crippen molar-refractivity contribution in [3.63, 3.8) is 0 Å². The van der Waals surface area contributed by atoms with Crippen LogP contribution in [0.15, 0.2) is 24.3 Å². The standard InChI is InChI=1S/C16H23NO3S/c1-21(19,20)14-7-4-8-16(14,18)15(11-17)9-12-5-2-3-6-13(12)10-15/h2-3,5-6,14,18H,4,7-11,17H2,1H3. The molecule has 21 heavy (non-hydrogen) atoms. The van der Waals surface area contributed by atoms with Crippen molar-refractivity contribution in [3.8, 4) is 0 Å². The topological polar surface area (TPSA) is 80.4 Å². The average molecular weight is 309 g/mol. The number of aliphatic hydroxyl groups is 1. The summed E-state index contributed by atoms with van der Waals surface area (Å²) in [5.74, 6) is 0. The second kappa shape index (κ2) is 4.80. The van der Waals surface area contributed by atoms with Crippen molar-refractivity contribution in [3.05, 3.63) is 35.4 Å². The molecule has 2 atom stereocenters. The largest absolute Gasteiger partial charge is 0.388 e. The lowest BCUT2D eigenvalue weighted by Gasteiger charge is -2.45. The van der Waals surface area contributed by atoms with Crippen molar-refractivity contribution in [2.24, 2.45) is 11.1 Å². The molecule has 0 spiro atoms. The minimum atomic E-state index is -3.29. The van der Waals surface area contributed by atoms with E-state index in [9.17, 15) is 13.5 Å². The van der Waals surface area contributed by atoms with E-state index in [0.717, 1.165) is 6.42 Å². The zero-order valence-electron chi connectivity index (χ0n) is 12.4. The maximum Gasteiger partial charge on any atom is 0.153 e. The van der Waals surface area contributed by atoms with E-state index in [4.69, 9.17) is 5.73 Å². The van der Waals surface area contributed by atoms with Crippen LogP contribution in [0.4, 0.5) is 0 Å². The molecule has 116 valence electrons. The Hall–Kier alpha value is -0.910. The molecule has 1 fully saturated rings. The van der Waals surface area contributed by atoms with Gasteiger partial charge in [-0.1, -0.05) is 24.3 Å². The summed E-state index contributed by atoms with van der Waals surface area (Å²) in [5, 5.41) is 10.7. The second-order valence-electron chi connectivity index (χ2n) is 6.74. The van der Waals surface area contributed by atoms with Crippen LogP contribution >= 0.6 is 0 Å². The summed E-state index contributed by atoms with van der Waals surface area (Å²) < 4.78 is 24.3. The van der Waals surface area contributed by atoms with Gasteiger partial charge < -0.3 is 10.8 Å². The predicted molar refractivity (Wildman–Crippen MR) is 82.8 cm³/mol. The van der Waals surface area contributed by atoms with Crippen molar-refractivity contribution in [1.29, 1.82) is 0 Å². The maximum absolute atomic E-state index is 12.1. The number of benzene rings is 1. The van der Waals surface area contributed by atoms with E-state index in [2.05, 4.69) is 12.1 Å². The third-order valence-corrected chi connectivity index (χ3v) is 7.22. The lowest BCUT2D eigenvalue weighted by atomic mass is 9.68. The molecule has 0 aromatic heterocycles. The van der Waals surface area contributed by atoms with E-state index >= 15 is 0 Å². The fourth-order valence-electron chi connectivity index (χ4n) is 4.45. The first-order chi connectivity index (χ1) is 9.82. The quantitative estimate of drug-likeness (QED) is 0.875. The summed E-state index contributed by atoms with van der Waals surface area (Å²) in [6.45, 7) is 0.310. The van der Waals surface area contributed by atoms with Crippen LogP contribution in [0.2, 0.25) is 0 Å². The Kier molecular flexibility index (Phi) is 3.43. The first kappa shape index (κ1) is 15.0. The van der Waals surface area contributed by atoms with E-state index in [-0.39, 0.29) is 0 Å². The molecule has 2 aliphatic rings. The number of nitrogens with two attached hydrogens (primary N) is 1. The van der Waals surface area contributed by atoms with Crippen molar-refractivity contribution in [2.75, 3.05) is 12.8 Å². The van der Waals surface area contributed by atoms with Crippen LogP contribution in [0.5, 0.6) is 0 Å². The van der Waals surface area contributed by atoms with Crippen LogP contribution in [0.3, 0.4) is 0 Å². The van der Waals surface area contributed by atoms with Crippen LogP contribution < -0.4 is 5.73 Å². The summed E-state index contributed by atoms with van der Waals surface area (Å²) in [4.78, 5) is 0. The SMILES string of the molecule is CS(=O)(=O)C1CCCC1(O)C1(CN)Cc2ccccc2C1. The van der Waals surface area contributed by atoms with Crippen molar-refractivity contribution in [1.82, 2.24) is 0 Å². The van der Waals surface area contributed by atoms with Crippen molar-refractivity contribution in [2.45, 2.75) is 43.0 Å². The molecule has 3 N–H and O–H groups in total. The van der Waals surface area contributed by atoms with Crippen molar-refractivity contribution >= 4 is 9.84 Å². The lowest BCUT2D eigenvalue weighted by molar-refractivity contribution is -0.0679. The van der Waals surface area contributed by atoms with Gasteiger partial charge >= 0.3 is 0 Å². The Labute approximate surface area is 126 Å². The molecule has 2 aliphatic carbocycles. The van der Waals surface area contributed by atoms with Gasteiger partial charge in [0.25, 0.3) is 0 Å². The van der Waals surface area contributed by atoms with Crippen LogP contribution in [0.1, 0.15) is 30.4 Å². The zero-order chi connectivity index (χ0) is 15.3. The maximum atomic E-state index is 12.1. The number of hydrogen-bond acceptors (Lipinski definition) is 4. The summed E-state index contributed by atoms with van der Waals surface area (Å²) in [6, 6.07) is 8.08. The van der Waals surface area contributed by atoms with E-state index in [1.807, 2.05) is 12.1 Å². The summed E-state index contributed by atoms with van der Waals surface area (Å²) in [6.07, 6.45) is 4.38. The Balaban J connectivity index is 2.05. The fourth-order valence-corrected chi connectivity index (χ4v) is 6.12. The normalized spacial score (nSPS) is 31.3. The molecule has 3 rings (SSSR count). The number of hydrogen-bond donors (Lipinski definition) is 2. The molecular formula is C16H23NO3S. The highest BCUT2D eigenvalue weighted by molar-refractivity contribution is 7.91. The fraction of sp³-hybridized carbons (Fsp3) is 0.625. The van der Waals surface area contributed by atoms with E-state index < -0.39 is 26.1 Å². The Morgan fingerprint density at radius 2 is 1.86 bits per heavy atom. The number of sulfone groups is 1. The molecule has 0 amide bonds. The minimum Gasteiger partial charge on any atom is -0.388 e. The highest BCUT2D eigenvalue weighted by atomic mass is 32.2. The molecule has 0 saturated heterocycles. The molecule has 1 aromatic carbocycles. The van der Waals surface area contributed by atoms with E-state index in [1.54, 1.807) is 0 Å². The Morgan fingerprint density at radius 1 is 1.29 bits per heavy atom. The molecule has 1 saturated carbocycles. The van der Waals surface area contributed by atoms with Gasteiger partial charge in [0.2, 0.25) is 0 Å². The second-order valence-corrected chi connectivity index (χ2v) is 8.97. The highest BCUT2D eigenvalue weighted by Crippen LogP contribution is 2.52. The van der Waals surface area contributed by atoms with Crippen LogP contribution in [-0.4, -0.2) is 37.2 Å². The van der Waals surface area contributed by atoms with Gasteiger partial charge in [-0.25, -0.2) is 8.42 Å². The van der Waals surface area contributed by atoms with Gasteiger partial charge in [-0.15, -0.1) is 0 Å². The van der Waals surface area contributed by atoms with Gasteiger partial charge in [0, 0.05) is 18.2 Å². The monoisotopic (exact) mass is 309 g/mol. The van der Waals surface area contributed by atoms with E-state index in [0.29, 0.717) is 32.2 Å². The molecule has 0 aliphatic heterocycles. The van der Waals surface area contributed by atoms with Crippen molar-refractivity contribution < 1.29 is 13.5 Å². The molecule has 0 radical (unpaired) electrons.